The number of hydrogen-bond acceptors (Lipinski definition) is 6. The van der Waals surface area contributed by atoms with Crippen LogP contribution in [0.25, 0.3) is 22.2 Å². The molecule has 2 aromatic heterocycles. The largest absolute Gasteiger partial charge is 0.416 e. The number of pyridine rings is 1. The lowest BCUT2D eigenvalue weighted by molar-refractivity contribution is -0.137. The Bertz CT molecular complexity index is 917. The van der Waals surface area contributed by atoms with Crippen LogP contribution in [0.4, 0.5) is 19.0 Å². The Morgan fingerprint density at radius 3 is 2.56 bits per heavy atom. The number of ether oxygens (including phenoxy) is 1. The van der Waals surface area contributed by atoms with Crippen LogP contribution in [-0.4, -0.2) is 46.7 Å². The first-order valence-corrected chi connectivity index (χ1v) is 8.10. The van der Waals surface area contributed by atoms with E-state index in [1.165, 1.54) is 19.2 Å². The summed E-state index contributed by atoms with van der Waals surface area (Å²) in [6, 6.07) is 8.18. The SMILES string of the molecule is COCC(O)CNc1nnc(-c2ccc(C(F)(F)F)cc2)c2ncccc12. The van der Waals surface area contributed by atoms with Gasteiger partial charge in [0.05, 0.1) is 18.3 Å². The lowest BCUT2D eigenvalue weighted by Gasteiger charge is -2.13. The molecule has 1 atom stereocenters. The average molecular weight is 378 g/mol. The predicted octanol–water partition coefficient (Wildman–Crippen LogP) is 3.13. The van der Waals surface area contributed by atoms with Gasteiger partial charge in [-0.05, 0) is 24.3 Å². The van der Waals surface area contributed by atoms with Gasteiger partial charge in [-0.25, -0.2) is 0 Å². The Balaban J connectivity index is 1.95. The van der Waals surface area contributed by atoms with Gasteiger partial charge in [-0.15, -0.1) is 10.2 Å². The van der Waals surface area contributed by atoms with E-state index < -0.39 is 17.8 Å². The molecule has 0 bridgehead atoms. The molecule has 0 aliphatic heterocycles. The second kappa shape index (κ2) is 7.85. The van der Waals surface area contributed by atoms with Crippen molar-refractivity contribution in [2.24, 2.45) is 0 Å². The van der Waals surface area contributed by atoms with Crippen LogP contribution in [0.1, 0.15) is 5.56 Å². The molecule has 0 radical (unpaired) electrons. The summed E-state index contributed by atoms with van der Waals surface area (Å²) in [6.45, 7) is 0.367. The van der Waals surface area contributed by atoms with E-state index >= 15 is 0 Å². The van der Waals surface area contributed by atoms with Gasteiger partial charge in [0.15, 0.2) is 5.82 Å². The third-order valence-electron chi connectivity index (χ3n) is 3.89. The Morgan fingerprint density at radius 2 is 1.89 bits per heavy atom. The number of aliphatic hydroxyl groups excluding tert-OH is 1. The van der Waals surface area contributed by atoms with Gasteiger partial charge in [0.1, 0.15) is 11.2 Å². The number of anilines is 1. The first-order valence-electron chi connectivity index (χ1n) is 8.10. The summed E-state index contributed by atoms with van der Waals surface area (Å²) >= 11 is 0. The maximum absolute atomic E-state index is 12.8. The zero-order valence-corrected chi connectivity index (χ0v) is 14.4. The maximum Gasteiger partial charge on any atom is 0.416 e. The number of benzene rings is 1. The summed E-state index contributed by atoms with van der Waals surface area (Å²) in [6.07, 6.45) is -3.55. The number of fused-ring (bicyclic) bond motifs is 1. The van der Waals surface area contributed by atoms with Gasteiger partial charge in [0.25, 0.3) is 0 Å². The fourth-order valence-electron chi connectivity index (χ4n) is 2.59. The van der Waals surface area contributed by atoms with Crippen molar-refractivity contribution in [3.63, 3.8) is 0 Å². The fourth-order valence-corrected chi connectivity index (χ4v) is 2.59. The van der Waals surface area contributed by atoms with Crippen molar-refractivity contribution in [3.05, 3.63) is 48.2 Å². The molecule has 3 rings (SSSR count). The summed E-state index contributed by atoms with van der Waals surface area (Å²) in [5, 5.41) is 21.6. The van der Waals surface area contributed by atoms with Crippen LogP contribution >= 0.6 is 0 Å². The lowest BCUT2D eigenvalue weighted by Crippen LogP contribution is -2.24. The number of nitrogens with zero attached hydrogens (tertiary/aromatic N) is 3. The molecule has 0 amide bonds. The topological polar surface area (TPSA) is 80.2 Å². The van der Waals surface area contributed by atoms with Crippen molar-refractivity contribution in [1.82, 2.24) is 15.2 Å². The summed E-state index contributed by atoms with van der Waals surface area (Å²) in [7, 11) is 1.49. The molecule has 1 unspecified atom stereocenters. The van der Waals surface area contributed by atoms with E-state index in [9.17, 15) is 18.3 Å². The molecule has 1 aromatic carbocycles. The summed E-state index contributed by atoms with van der Waals surface area (Å²) in [5.41, 5.74) is 0.616. The number of nitrogens with one attached hydrogen (secondary N) is 1. The van der Waals surface area contributed by atoms with E-state index in [2.05, 4.69) is 20.5 Å². The van der Waals surface area contributed by atoms with Crippen LogP contribution in [0.2, 0.25) is 0 Å². The van der Waals surface area contributed by atoms with Gasteiger partial charge >= 0.3 is 6.18 Å². The molecule has 0 saturated carbocycles. The van der Waals surface area contributed by atoms with Gasteiger partial charge in [0.2, 0.25) is 0 Å². The van der Waals surface area contributed by atoms with Gasteiger partial charge in [-0.3, -0.25) is 4.98 Å². The van der Waals surface area contributed by atoms with E-state index in [1.807, 2.05) is 0 Å². The molecule has 9 heteroatoms. The molecule has 27 heavy (non-hydrogen) atoms. The first kappa shape index (κ1) is 19.0. The van der Waals surface area contributed by atoms with E-state index in [0.29, 0.717) is 28.0 Å². The van der Waals surface area contributed by atoms with E-state index in [0.717, 1.165) is 12.1 Å². The third kappa shape index (κ3) is 4.32. The monoisotopic (exact) mass is 378 g/mol. The van der Waals surface area contributed by atoms with Crippen LogP contribution < -0.4 is 5.32 Å². The van der Waals surface area contributed by atoms with Gasteiger partial charge in [0, 0.05) is 30.8 Å². The van der Waals surface area contributed by atoms with Gasteiger partial charge < -0.3 is 15.2 Å². The summed E-state index contributed by atoms with van der Waals surface area (Å²) < 4.78 is 43.1. The van der Waals surface area contributed by atoms with Crippen molar-refractivity contribution >= 4 is 16.7 Å². The molecular formula is C18H17F3N4O2. The highest BCUT2D eigenvalue weighted by Crippen LogP contribution is 2.32. The van der Waals surface area contributed by atoms with Gasteiger partial charge in [-0.2, -0.15) is 13.2 Å². The quantitative estimate of drug-likeness (QED) is 0.686. The van der Waals surface area contributed by atoms with Crippen molar-refractivity contribution in [3.8, 4) is 11.3 Å². The Labute approximate surface area is 153 Å². The molecular weight excluding hydrogens is 361 g/mol. The summed E-state index contributed by atoms with van der Waals surface area (Å²) in [5.74, 6) is 0.420. The minimum Gasteiger partial charge on any atom is -0.389 e. The molecule has 2 heterocycles. The molecule has 142 valence electrons. The highest BCUT2D eigenvalue weighted by Gasteiger charge is 2.30. The Morgan fingerprint density at radius 1 is 1.15 bits per heavy atom. The zero-order chi connectivity index (χ0) is 19.4. The van der Waals surface area contributed by atoms with Crippen LogP contribution in [0.5, 0.6) is 0 Å². The first-order chi connectivity index (χ1) is 12.9. The van der Waals surface area contributed by atoms with Crippen molar-refractivity contribution in [1.29, 1.82) is 0 Å². The maximum atomic E-state index is 12.8. The highest BCUT2D eigenvalue weighted by atomic mass is 19.4. The molecule has 6 nitrogen and oxygen atoms in total. The van der Waals surface area contributed by atoms with Crippen molar-refractivity contribution in [2.45, 2.75) is 12.3 Å². The number of halogens is 3. The van der Waals surface area contributed by atoms with Crippen molar-refractivity contribution < 1.29 is 23.0 Å². The lowest BCUT2D eigenvalue weighted by atomic mass is 10.1. The molecule has 3 aromatic rings. The predicted molar refractivity (Wildman–Crippen MR) is 94.1 cm³/mol. The number of hydrogen-bond donors (Lipinski definition) is 2. The van der Waals surface area contributed by atoms with E-state index in [1.54, 1.807) is 18.3 Å². The van der Waals surface area contributed by atoms with Crippen LogP contribution in [0, 0.1) is 0 Å². The fraction of sp³-hybridized carbons (Fsp3) is 0.278. The molecule has 0 spiro atoms. The molecule has 2 N–H and O–H groups in total. The highest BCUT2D eigenvalue weighted by molar-refractivity contribution is 5.97. The zero-order valence-electron chi connectivity index (χ0n) is 14.4. The number of methoxy groups -OCH3 is 1. The molecule has 0 aliphatic carbocycles. The van der Waals surface area contributed by atoms with Crippen LogP contribution in [0.3, 0.4) is 0 Å². The van der Waals surface area contributed by atoms with Crippen LogP contribution in [0.15, 0.2) is 42.6 Å². The van der Waals surface area contributed by atoms with E-state index in [4.69, 9.17) is 4.74 Å². The standard InChI is InChI=1S/C18H17F3N4O2/c1-27-10-13(26)9-23-17-14-3-2-8-22-16(14)15(24-25-17)11-4-6-12(7-5-11)18(19,20)21/h2-8,13,26H,9-10H2,1H3,(H,23,25). The number of aliphatic hydroxyl groups is 1. The molecule has 0 saturated heterocycles. The smallest absolute Gasteiger partial charge is 0.389 e. The number of alkyl halides is 3. The molecule has 0 aliphatic rings. The third-order valence-corrected chi connectivity index (χ3v) is 3.89. The Kier molecular flexibility index (Phi) is 5.52. The summed E-state index contributed by atoms with van der Waals surface area (Å²) in [4.78, 5) is 4.30. The minimum absolute atomic E-state index is 0.167. The second-order valence-corrected chi connectivity index (χ2v) is 5.86. The van der Waals surface area contributed by atoms with Crippen molar-refractivity contribution in [2.75, 3.05) is 25.6 Å². The van der Waals surface area contributed by atoms with Gasteiger partial charge in [-0.1, -0.05) is 12.1 Å². The second-order valence-electron chi connectivity index (χ2n) is 5.86. The average Bonchev–Trinajstić information content (AvgIpc) is 2.66. The molecule has 0 fully saturated rings. The number of rotatable bonds is 6. The normalized spacial score (nSPS) is 12.9. The minimum atomic E-state index is -4.40. The van der Waals surface area contributed by atoms with Crippen LogP contribution in [-0.2, 0) is 10.9 Å². The van der Waals surface area contributed by atoms with E-state index in [-0.39, 0.29) is 13.2 Å². The number of aromatic nitrogens is 3. The Hall–Kier alpha value is -2.78.